The second kappa shape index (κ2) is 12.2. The first kappa shape index (κ1) is 32.2. The van der Waals surface area contributed by atoms with Crippen molar-refractivity contribution in [2.75, 3.05) is 0 Å². The Hall–Kier alpha value is -7.09. The molecule has 12 rings (SSSR count). The third-order valence-corrected chi connectivity index (χ3v) is 12.8. The van der Waals surface area contributed by atoms with Gasteiger partial charge in [-0.05, 0) is 123 Å². The number of fused-ring (bicyclic) bond motifs is 11. The first-order valence-electron chi connectivity index (χ1n) is 20.0. The highest BCUT2D eigenvalue weighted by atomic mass is 14.6. The van der Waals surface area contributed by atoms with Gasteiger partial charge in [0.2, 0.25) is 0 Å². The quantitative estimate of drug-likeness (QED) is 0.165. The molecule has 1 atom stereocenters. The zero-order valence-electron chi connectivity index (χ0n) is 31.6. The molecule has 0 bridgehead atoms. The van der Waals surface area contributed by atoms with Gasteiger partial charge < -0.3 is 0 Å². The number of nitrogens with zero attached hydrogens (tertiary/aromatic N) is 1. The predicted octanol–water partition coefficient (Wildman–Crippen LogP) is 15.0. The summed E-state index contributed by atoms with van der Waals surface area (Å²) in [5.74, 6) is 0. The number of aromatic nitrogens is 1. The van der Waals surface area contributed by atoms with E-state index in [1.807, 2.05) is 12.3 Å². The molecule has 0 saturated heterocycles. The van der Waals surface area contributed by atoms with Crippen LogP contribution in [0.2, 0.25) is 0 Å². The normalized spacial score (nSPS) is 15.4. The van der Waals surface area contributed by atoms with Crippen molar-refractivity contribution in [3.05, 3.63) is 205 Å². The van der Waals surface area contributed by atoms with E-state index in [1.54, 1.807) is 0 Å². The van der Waals surface area contributed by atoms with Gasteiger partial charge in [-0.25, -0.2) is 0 Å². The molecule has 11 aromatic rings. The summed E-state index contributed by atoms with van der Waals surface area (Å²) in [6.45, 7) is 2.44. The third-order valence-electron chi connectivity index (χ3n) is 12.8. The maximum absolute atomic E-state index is 4.99. The lowest BCUT2D eigenvalue weighted by atomic mass is 9.68. The highest BCUT2D eigenvalue weighted by molar-refractivity contribution is 6.22. The van der Waals surface area contributed by atoms with Crippen LogP contribution in [0.3, 0.4) is 0 Å². The number of rotatable bonds is 3. The molecular weight excluding hydrogens is 687 g/mol. The van der Waals surface area contributed by atoms with Crippen LogP contribution in [0.1, 0.15) is 23.6 Å². The molecule has 0 radical (unpaired) electrons. The van der Waals surface area contributed by atoms with E-state index in [0.29, 0.717) is 0 Å². The molecule has 1 unspecified atom stereocenters. The van der Waals surface area contributed by atoms with Gasteiger partial charge in [-0.3, -0.25) is 4.98 Å². The average Bonchev–Trinajstić information content (AvgIpc) is 3.27. The van der Waals surface area contributed by atoms with Crippen LogP contribution in [0, 0.1) is 0 Å². The number of hydrogen-bond donors (Lipinski definition) is 0. The van der Waals surface area contributed by atoms with Gasteiger partial charge in [0, 0.05) is 22.4 Å². The predicted molar refractivity (Wildman–Crippen MR) is 244 cm³/mol. The molecule has 0 amide bonds. The fourth-order valence-electron chi connectivity index (χ4n) is 10.3. The summed E-state index contributed by atoms with van der Waals surface area (Å²) in [6.07, 6.45) is 7.73. The second-order valence-corrected chi connectivity index (χ2v) is 16.0. The van der Waals surface area contributed by atoms with E-state index in [4.69, 9.17) is 4.98 Å². The fraction of sp³-hybridized carbons (Fsp3) is 0.0536. The van der Waals surface area contributed by atoms with Crippen LogP contribution in [0.25, 0.3) is 104 Å². The van der Waals surface area contributed by atoms with Gasteiger partial charge in [0.05, 0.1) is 5.52 Å². The minimum Gasteiger partial charge on any atom is -0.256 e. The molecular formula is C56H37N. The Morgan fingerprint density at radius 2 is 0.947 bits per heavy atom. The molecule has 1 heteroatoms. The van der Waals surface area contributed by atoms with E-state index >= 15 is 0 Å². The zero-order chi connectivity index (χ0) is 37.7. The molecule has 57 heavy (non-hydrogen) atoms. The molecule has 266 valence electrons. The summed E-state index contributed by atoms with van der Waals surface area (Å²) in [6, 6.07) is 65.2. The SMILES string of the molecule is CC1(c2cccc3ccc4cccnc4c23)C=Cc2c(c(-c3cc4ccccc4c4ccccc34)c3ccccc3c2-c2cc3ccccc3c3ccccc23)C1. The summed E-state index contributed by atoms with van der Waals surface area (Å²) < 4.78 is 0. The molecule has 10 aromatic carbocycles. The summed E-state index contributed by atoms with van der Waals surface area (Å²) in [7, 11) is 0. The minimum absolute atomic E-state index is 0.315. The monoisotopic (exact) mass is 723 g/mol. The van der Waals surface area contributed by atoms with E-state index in [-0.39, 0.29) is 5.41 Å². The Labute approximate surface area is 331 Å². The zero-order valence-corrected chi connectivity index (χ0v) is 31.6. The van der Waals surface area contributed by atoms with Crippen molar-refractivity contribution >= 4 is 81.6 Å². The van der Waals surface area contributed by atoms with Gasteiger partial charge in [-0.1, -0.05) is 177 Å². The number of pyridine rings is 1. The highest BCUT2D eigenvalue weighted by Gasteiger charge is 2.34. The van der Waals surface area contributed by atoms with Crippen molar-refractivity contribution in [1.29, 1.82) is 0 Å². The molecule has 1 aliphatic rings. The van der Waals surface area contributed by atoms with Gasteiger partial charge in [0.25, 0.3) is 0 Å². The van der Waals surface area contributed by atoms with Crippen LogP contribution < -0.4 is 0 Å². The van der Waals surface area contributed by atoms with Gasteiger partial charge in [-0.15, -0.1) is 0 Å². The van der Waals surface area contributed by atoms with Crippen molar-refractivity contribution in [1.82, 2.24) is 4.98 Å². The lowest BCUT2D eigenvalue weighted by molar-refractivity contribution is 0.594. The Morgan fingerprint density at radius 3 is 1.61 bits per heavy atom. The summed E-state index contributed by atoms with van der Waals surface area (Å²) in [4.78, 5) is 4.99. The molecule has 0 N–H and O–H groups in total. The highest BCUT2D eigenvalue weighted by Crippen LogP contribution is 2.52. The lowest BCUT2D eigenvalue weighted by Gasteiger charge is -2.35. The van der Waals surface area contributed by atoms with Crippen LogP contribution in [-0.2, 0) is 11.8 Å². The lowest BCUT2D eigenvalue weighted by Crippen LogP contribution is -2.26. The number of hydrogen-bond acceptors (Lipinski definition) is 1. The number of benzene rings is 10. The van der Waals surface area contributed by atoms with E-state index in [9.17, 15) is 0 Å². The average molecular weight is 724 g/mol. The summed E-state index contributed by atoms with van der Waals surface area (Å²) in [5.41, 5.74) is 9.95. The Morgan fingerprint density at radius 1 is 0.439 bits per heavy atom. The number of allylic oxidation sites excluding steroid dienone is 1. The molecule has 1 heterocycles. The van der Waals surface area contributed by atoms with Crippen LogP contribution in [0.15, 0.2) is 188 Å². The minimum atomic E-state index is -0.315. The van der Waals surface area contributed by atoms with Crippen LogP contribution in [0.5, 0.6) is 0 Å². The van der Waals surface area contributed by atoms with Crippen LogP contribution in [-0.4, -0.2) is 4.98 Å². The molecule has 1 nitrogen and oxygen atoms in total. The first-order valence-corrected chi connectivity index (χ1v) is 20.0. The molecule has 0 fully saturated rings. The van der Waals surface area contributed by atoms with Crippen molar-refractivity contribution in [3.8, 4) is 22.3 Å². The van der Waals surface area contributed by atoms with Gasteiger partial charge >= 0.3 is 0 Å². The Balaban J connectivity index is 1.24. The molecule has 1 aromatic heterocycles. The fourth-order valence-corrected chi connectivity index (χ4v) is 10.3. The van der Waals surface area contributed by atoms with Crippen molar-refractivity contribution in [2.45, 2.75) is 18.8 Å². The largest absolute Gasteiger partial charge is 0.256 e. The molecule has 1 aliphatic carbocycles. The molecule has 0 aliphatic heterocycles. The third kappa shape index (κ3) is 4.73. The molecule has 0 saturated carbocycles. The summed E-state index contributed by atoms with van der Waals surface area (Å²) in [5, 5.41) is 16.4. The standard InChI is InChI=1S/C56H37N/c1-56(51-26-12-16-35-27-28-36-17-13-31-57-55(36)52(35)51)30-29-47-50(34-56)54(49-33-38-15-3-5-19-40(38)42-21-7-9-23-44(42)49)46-25-11-10-24-45(46)53(47)48-32-37-14-2-4-18-39(37)41-20-6-8-22-43(41)48/h2-33H,34H2,1H3. The van der Waals surface area contributed by atoms with Crippen LogP contribution >= 0.6 is 0 Å². The van der Waals surface area contributed by atoms with E-state index < -0.39 is 0 Å². The van der Waals surface area contributed by atoms with E-state index in [2.05, 4.69) is 189 Å². The van der Waals surface area contributed by atoms with E-state index in [1.165, 1.54) is 109 Å². The maximum Gasteiger partial charge on any atom is 0.0783 e. The first-order chi connectivity index (χ1) is 28.1. The van der Waals surface area contributed by atoms with Gasteiger partial charge in [0.1, 0.15) is 0 Å². The topological polar surface area (TPSA) is 12.9 Å². The Bertz CT molecular complexity index is 3520. The molecule has 0 spiro atoms. The van der Waals surface area contributed by atoms with Crippen molar-refractivity contribution < 1.29 is 0 Å². The van der Waals surface area contributed by atoms with Gasteiger partial charge in [-0.2, -0.15) is 0 Å². The van der Waals surface area contributed by atoms with Crippen molar-refractivity contribution in [3.63, 3.8) is 0 Å². The van der Waals surface area contributed by atoms with Crippen molar-refractivity contribution in [2.24, 2.45) is 0 Å². The van der Waals surface area contributed by atoms with Gasteiger partial charge in [0.15, 0.2) is 0 Å². The Kier molecular flexibility index (Phi) is 6.89. The summed E-state index contributed by atoms with van der Waals surface area (Å²) >= 11 is 0. The van der Waals surface area contributed by atoms with Crippen LogP contribution in [0.4, 0.5) is 0 Å². The second-order valence-electron chi connectivity index (χ2n) is 16.0. The van der Waals surface area contributed by atoms with E-state index in [0.717, 1.165) is 11.9 Å². The smallest absolute Gasteiger partial charge is 0.0783 e. The maximum atomic E-state index is 4.99.